The number of rotatable bonds is 3. The number of aryl methyl sites for hydroxylation is 1. The SMILES string of the molecule is Cc1nc2cc(NCC3CCNCC3)ccc2s1. The fourth-order valence-corrected chi connectivity index (χ4v) is 3.31. The van der Waals surface area contributed by atoms with Crippen LogP contribution in [0.4, 0.5) is 5.69 Å². The number of anilines is 1. The monoisotopic (exact) mass is 261 g/mol. The minimum absolute atomic E-state index is 0.805. The van der Waals surface area contributed by atoms with Crippen molar-refractivity contribution in [2.24, 2.45) is 5.92 Å². The van der Waals surface area contributed by atoms with Crippen molar-refractivity contribution in [2.45, 2.75) is 19.8 Å². The van der Waals surface area contributed by atoms with Gasteiger partial charge in [0.1, 0.15) is 0 Å². The molecule has 0 saturated carbocycles. The van der Waals surface area contributed by atoms with E-state index in [2.05, 4.69) is 40.7 Å². The Morgan fingerprint density at radius 1 is 1.39 bits per heavy atom. The van der Waals surface area contributed by atoms with E-state index in [4.69, 9.17) is 0 Å². The number of hydrogen-bond donors (Lipinski definition) is 2. The topological polar surface area (TPSA) is 37.0 Å². The van der Waals surface area contributed by atoms with Crippen LogP contribution >= 0.6 is 11.3 Å². The third kappa shape index (κ3) is 2.65. The lowest BCUT2D eigenvalue weighted by Gasteiger charge is -2.23. The summed E-state index contributed by atoms with van der Waals surface area (Å²) in [6.45, 7) is 5.47. The number of piperidine rings is 1. The maximum atomic E-state index is 4.54. The van der Waals surface area contributed by atoms with Gasteiger partial charge in [-0.3, -0.25) is 0 Å². The van der Waals surface area contributed by atoms with Crippen LogP contribution in [0.2, 0.25) is 0 Å². The minimum atomic E-state index is 0.805. The van der Waals surface area contributed by atoms with Crippen molar-refractivity contribution in [1.82, 2.24) is 10.3 Å². The Bertz CT molecular complexity index is 529. The molecule has 0 unspecified atom stereocenters. The normalized spacial score (nSPS) is 17.2. The van der Waals surface area contributed by atoms with Crippen molar-refractivity contribution in [1.29, 1.82) is 0 Å². The second kappa shape index (κ2) is 5.24. The number of fused-ring (bicyclic) bond motifs is 1. The number of thiazole rings is 1. The molecule has 96 valence electrons. The zero-order chi connectivity index (χ0) is 12.4. The molecule has 1 saturated heterocycles. The highest BCUT2D eigenvalue weighted by atomic mass is 32.1. The molecule has 3 rings (SSSR count). The first kappa shape index (κ1) is 11.9. The summed E-state index contributed by atoms with van der Waals surface area (Å²) in [6, 6.07) is 6.51. The molecular weight excluding hydrogens is 242 g/mol. The molecule has 3 nitrogen and oxygen atoms in total. The Morgan fingerprint density at radius 2 is 2.22 bits per heavy atom. The largest absolute Gasteiger partial charge is 0.385 e. The van der Waals surface area contributed by atoms with Gasteiger partial charge in [0, 0.05) is 12.2 Å². The van der Waals surface area contributed by atoms with Crippen LogP contribution in [-0.4, -0.2) is 24.6 Å². The molecule has 0 radical (unpaired) electrons. The molecule has 0 spiro atoms. The molecule has 0 aliphatic carbocycles. The number of nitrogens with zero attached hydrogens (tertiary/aromatic N) is 1. The second-order valence-electron chi connectivity index (χ2n) is 4.99. The van der Waals surface area contributed by atoms with Crippen molar-refractivity contribution in [3.8, 4) is 0 Å². The van der Waals surface area contributed by atoms with Gasteiger partial charge in [-0.05, 0) is 57.0 Å². The van der Waals surface area contributed by atoms with Gasteiger partial charge in [0.25, 0.3) is 0 Å². The van der Waals surface area contributed by atoms with Crippen LogP contribution in [-0.2, 0) is 0 Å². The summed E-state index contributed by atoms with van der Waals surface area (Å²) in [5, 5.41) is 8.10. The van der Waals surface area contributed by atoms with Gasteiger partial charge < -0.3 is 10.6 Å². The first-order valence-corrected chi connectivity index (χ1v) is 7.45. The van der Waals surface area contributed by atoms with Gasteiger partial charge in [-0.2, -0.15) is 0 Å². The number of benzene rings is 1. The van der Waals surface area contributed by atoms with E-state index in [9.17, 15) is 0 Å². The van der Waals surface area contributed by atoms with Gasteiger partial charge in [0.05, 0.1) is 15.2 Å². The first-order chi connectivity index (χ1) is 8.81. The highest BCUT2D eigenvalue weighted by Gasteiger charge is 2.12. The Labute approximate surface area is 112 Å². The smallest absolute Gasteiger partial charge is 0.0907 e. The van der Waals surface area contributed by atoms with Gasteiger partial charge in [0.2, 0.25) is 0 Å². The van der Waals surface area contributed by atoms with Gasteiger partial charge in [0.15, 0.2) is 0 Å². The summed E-state index contributed by atoms with van der Waals surface area (Å²) in [7, 11) is 0. The lowest BCUT2D eigenvalue weighted by Crippen LogP contribution is -2.31. The molecule has 2 N–H and O–H groups in total. The van der Waals surface area contributed by atoms with E-state index in [1.165, 1.54) is 23.2 Å². The third-order valence-corrected chi connectivity index (χ3v) is 4.50. The van der Waals surface area contributed by atoms with Crippen LogP contribution < -0.4 is 10.6 Å². The number of hydrogen-bond acceptors (Lipinski definition) is 4. The molecule has 0 atom stereocenters. The van der Waals surface area contributed by atoms with Crippen molar-refractivity contribution in [3.63, 3.8) is 0 Å². The van der Waals surface area contributed by atoms with Crippen LogP contribution in [0, 0.1) is 12.8 Å². The fourth-order valence-electron chi connectivity index (χ4n) is 2.50. The van der Waals surface area contributed by atoms with Gasteiger partial charge >= 0.3 is 0 Å². The molecule has 0 bridgehead atoms. The zero-order valence-corrected chi connectivity index (χ0v) is 11.5. The van der Waals surface area contributed by atoms with E-state index in [0.717, 1.165) is 36.1 Å². The fraction of sp³-hybridized carbons (Fsp3) is 0.500. The lowest BCUT2D eigenvalue weighted by molar-refractivity contribution is 0.390. The van der Waals surface area contributed by atoms with Gasteiger partial charge in [-0.25, -0.2) is 4.98 Å². The molecule has 0 amide bonds. The molecule has 1 aliphatic heterocycles. The van der Waals surface area contributed by atoms with Crippen LogP contribution in [0.15, 0.2) is 18.2 Å². The maximum Gasteiger partial charge on any atom is 0.0907 e. The Hall–Kier alpha value is -1.13. The summed E-state index contributed by atoms with van der Waals surface area (Å²) in [4.78, 5) is 4.54. The molecule has 4 heteroatoms. The van der Waals surface area contributed by atoms with Crippen LogP contribution in [0.5, 0.6) is 0 Å². The average molecular weight is 261 g/mol. The van der Waals surface area contributed by atoms with Crippen molar-refractivity contribution >= 4 is 27.2 Å². The third-order valence-electron chi connectivity index (χ3n) is 3.55. The van der Waals surface area contributed by atoms with Crippen molar-refractivity contribution in [3.05, 3.63) is 23.2 Å². The summed E-state index contributed by atoms with van der Waals surface area (Å²) >= 11 is 1.76. The first-order valence-electron chi connectivity index (χ1n) is 6.63. The van der Waals surface area contributed by atoms with E-state index in [1.54, 1.807) is 11.3 Å². The average Bonchev–Trinajstić information content (AvgIpc) is 2.77. The lowest BCUT2D eigenvalue weighted by atomic mass is 9.98. The molecule has 18 heavy (non-hydrogen) atoms. The van der Waals surface area contributed by atoms with Crippen LogP contribution in [0.1, 0.15) is 17.8 Å². The molecule has 2 aromatic rings. The van der Waals surface area contributed by atoms with Crippen LogP contribution in [0.25, 0.3) is 10.2 Å². The van der Waals surface area contributed by atoms with Crippen molar-refractivity contribution < 1.29 is 0 Å². The van der Waals surface area contributed by atoms with Crippen molar-refractivity contribution in [2.75, 3.05) is 25.0 Å². The standard InChI is InChI=1S/C14H19N3S/c1-10-17-13-8-12(2-3-14(13)18-10)16-9-11-4-6-15-7-5-11/h2-3,8,11,15-16H,4-7,9H2,1H3. The minimum Gasteiger partial charge on any atom is -0.385 e. The molecule has 1 fully saturated rings. The molecular formula is C14H19N3S. The summed E-state index contributed by atoms with van der Waals surface area (Å²) in [5.41, 5.74) is 2.32. The molecule has 1 aliphatic rings. The van der Waals surface area contributed by atoms with E-state index in [1.807, 2.05) is 0 Å². The second-order valence-corrected chi connectivity index (χ2v) is 6.22. The van der Waals surface area contributed by atoms with Gasteiger partial charge in [-0.15, -0.1) is 11.3 Å². The zero-order valence-electron chi connectivity index (χ0n) is 10.7. The summed E-state index contributed by atoms with van der Waals surface area (Å²) < 4.78 is 1.28. The van der Waals surface area contributed by atoms with Gasteiger partial charge in [-0.1, -0.05) is 0 Å². The van der Waals surface area contributed by atoms with E-state index < -0.39 is 0 Å². The number of nitrogens with one attached hydrogen (secondary N) is 2. The molecule has 2 heterocycles. The Balaban J connectivity index is 1.66. The van der Waals surface area contributed by atoms with E-state index in [-0.39, 0.29) is 0 Å². The maximum absolute atomic E-state index is 4.54. The number of aromatic nitrogens is 1. The summed E-state index contributed by atoms with van der Waals surface area (Å²) in [6.07, 6.45) is 2.57. The van der Waals surface area contributed by atoms with E-state index >= 15 is 0 Å². The Morgan fingerprint density at radius 3 is 3.06 bits per heavy atom. The van der Waals surface area contributed by atoms with Crippen LogP contribution in [0.3, 0.4) is 0 Å². The highest BCUT2D eigenvalue weighted by molar-refractivity contribution is 7.18. The van der Waals surface area contributed by atoms with E-state index in [0.29, 0.717) is 0 Å². The quantitative estimate of drug-likeness (QED) is 0.892. The highest BCUT2D eigenvalue weighted by Crippen LogP contribution is 2.24. The molecule has 1 aromatic heterocycles. The predicted octanol–water partition coefficient (Wildman–Crippen LogP) is 3.02. The predicted molar refractivity (Wildman–Crippen MR) is 78.4 cm³/mol. The summed E-state index contributed by atoms with van der Waals surface area (Å²) in [5.74, 6) is 0.805. The molecule has 1 aromatic carbocycles. The Kier molecular flexibility index (Phi) is 3.48.